The molecule has 2 aromatic carbocycles. The summed E-state index contributed by atoms with van der Waals surface area (Å²) in [5.41, 5.74) is 0.623. The molecular weight excluding hydrogens is 457 g/mol. The zero-order chi connectivity index (χ0) is 24.4. The van der Waals surface area contributed by atoms with Gasteiger partial charge in [-0.15, -0.1) is 0 Å². The molecule has 0 atom stereocenters. The van der Waals surface area contributed by atoms with Gasteiger partial charge in [0.25, 0.3) is 5.91 Å². The molecule has 0 bridgehead atoms. The molecule has 0 radical (unpaired) electrons. The van der Waals surface area contributed by atoms with Crippen molar-refractivity contribution in [3.63, 3.8) is 0 Å². The predicted octanol–water partition coefficient (Wildman–Crippen LogP) is 5.63. The molecular formula is C26H23F3N4O2. The van der Waals surface area contributed by atoms with Gasteiger partial charge in [-0.05, 0) is 24.5 Å². The van der Waals surface area contributed by atoms with Crippen LogP contribution in [0.1, 0.15) is 46.2 Å². The van der Waals surface area contributed by atoms with E-state index < -0.39 is 11.7 Å². The molecule has 180 valence electrons. The van der Waals surface area contributed by atoms with Gasteiger partial charge in [0.15, 0.2) is 17.8 Å². The van der Waals surface area contributed by atoms with Gasteiger partial charge in [0.2, 0.25) is 0 Å². The topological polar surface area (TPSA) is 64.2 Å². The average Bonchev–Trinajstić information content (AvgIpc) is 3.54. The highest BCUT2D eigenvalue weighted by Crippen LogP contribution is 2.34. The first-order valence-corrected chi connectivity index (χ1v) is 11.4. The van der Waals surface area contributed by atoms with Gasteiger partial charge in [0.1, 0.15) is 5.82 Å². The SMILES string of the molecule is O=C(c1ncoc1-c1ccccc1)N1CCC(c2nccn2Cc2ccccc2C(F)(F)F)CC1. The maximum absolute atomic E-state index is 13.4. The van der Waals surface area contributed by atoms with Crippen molar-refractivity contribution < 1.29 is 22.4 Å². The van der Waals surface area contributed by atoms with Crippen molar-refractivity contribution in [1.82, 2.24) is 19.4 Å². The second kappa shape index (κ2) is 9.40. The Labute approximate surface area is 200 Å². The second-order valence-corrected chi connectivity index (χ2v) is 8.53. The molecule has 1 fully saturated rings. The van der Waals surface area contributed by atoms with Crippen molar-refractivity contribution in [2.24, 2.45) is 0 Å². The molecule has 0 spiro atoms. The minimum absolute atomic E-state index is 0.0398. The summed E-state index contributed by atoms with van der Waals surface area (Å²) in [7, 11) is 0. The first-order valence-electron chi connectivity index (χ1n) is 11.4. The van der Waals surface area contributed by atoms with Crippen molar-refractivity contribution >= 4 is 5.91 Å². The minimum Gasteiger partial charge on any atom is -0.443 e. The maximum Gasteiger partial charge on any atom is 0.416 e. The van der Waals surface area contributed by atoms with Crippen LogP contribution < -0.4 is 0 Å². The summed E-state index contributed by atoms with van der Waals surface area (Å²) in [4.78, 5) is 23.5. The van der Waals surface area contributed by atoms with Gasteiger partial charge in [0.05, 0.1) is 5.56 Å². The molecule has 1 aliphatic rings. The number of halogens is 3. The third-order valence-electron chi connectivity index (χ3n) is 6.36. The summed E-state index contributed by atoms with van der Waals surface area (Å²) in [6.45, 7) is 1.08. The average molecular weight is 480 g/mol. The van der Waals surface area contributed by atoms with Crippen LogP contribution in [-0.2, 0) is 12.7 Å². The lowest BCUT2D eigenvalue weighted by Gasteiger charge is -2.31. The number of piperidine rings is 1. The van der Waals surface area contributed by atoms with E-state index in [1.807, 2.05) is 30.3 Å². The summed E-state index contributed by atoms with van der Waals surface area (Å²) < 4.78 is 47.6. The highest BCUT2D eigenvalue weighted by molar-refractivity contribution is 5.97. The van der Waals surface area contributed by atoms with E-state index >= 15 is 0 Å². The van der Waals surface area contributed by atoms with Crippen LogP contribution in [-0.4, -0.2) is 38.4 Å². The fraction of sp³-hybridized carbons (Fsp3) is 0.269. The van der Waals surface area contributed by atoms with Gasteiger partial charge in [-0.2, -0.15) is 13.2 Å². The number of likely N-dealkylation sites (tertiary alicyclic amines) is 1. The minimum atomic E-state index is -4.41. The Morgan fingerprint density at radius 3 is 2.46 bits per heavy atom. The molecule has 0 aliphatic carbocycles. The molecule has 35 heavy (non-hydrogen) atoms. The van der Waals surface area contributed by atoms with E-state index in [1.165, 1.54) is 18.5 Å². The highest BCUT2D eigenvalue weighted by atomic mass is 19.4. The molecule has 0 N–H and O–H groups in total. The number of aromatic nitrogens is 3. The van der Waals surface area contributed by atoms with E-state index in [2.05, 4.69) is 9.97 Å². The zero-order valence-electron chi connectivity index (χ0n) is 18.8. The van der Waals surface area contributed by atoms with Crippen LogP contribution in [0.15, 0.2) is 77.8 Å². The number of hydrogen-bond donors (Lipinski definition) is 0. The largest absolute Gasteiger partial charge is 0.443 e. The Kier molecular flexibility index (Phi) is 6.15. The van der Waals surface area contributed by atoms with E-state index in [4.69, 9.17) is 4.42 Å². The normalized spacial score (nSPS) is 14.9. The van der Waals surface area contributed by atoms with Crippen LogP contribution in [0.2, 0.25) is 0 Å². The van der Waals surface area contributed by atoms with Gasteiger partial charge in [0, 0.05) is 43.5 Å². The third-order valence-corrected chi connectivity index (χ3v) is 6.36. The molecule has 5 rings (SSSR count). The number of imidazole rings is 1. The van der Waals surface area contributed by atoms with E-state index in [-0.39, 0.29) is 29.6 Å². The lowest BCUT2D eigenvalue weighted by Crippen LogP contribution is -2.38. The Balaban J connectivity index is 1.28. The number of oxazole rings is 1. The van der Waals surface area contributed by atoms with E-state index in [9.17, 15) is 18.0 Å². The summed E-state index contributed by atoms with van der Waals surface area (Å²) >= 11 is 0. The maximum atomic E-state index is 13.4. The lowest BCUT2D eigenvalue weighted by atomic mass is 9.95. The molecule has 0 saturated carbocycles. The van der Waals surface area contributed by atoms with Crippen molar-refractivity contribution in [3.05, 3.63) is 96.0 Å². The van der Waals surface area contributed by atoms with Crippen molar-refractivity contribution in [2.75, 3.05) is 13.1 Å². The van der Waals surface area contributed by atoms with Crippen LogP contribution in [0.5, 0.6) is 0 Å². The molecule has 9 heteroatoms. The molecule has 1 aliphatic heterocycles. The van der Waals surface area contributed by atoms with Crippen molar-refractivity contribution in [1.29, 1.82) is 0 Å². The van der Waals surface area contributed by atoms with E-state index in [1.54, 1.807) is 27.9 Å². The number of rotatable bonds is 5. The van der Waals surface area contributed by atoms with Crippen LogP contribution in [0, 0.1) is 0 Å². The van der Waals surface area contributed by atoms with E-state index in [0.717, 1.165) is 17.5 Å². The number of benzene rings is 2. The highest BCUT2D eigenvalue weighted by Gasteiger charge is 2.34. The molecule has 1 saturated heterocycles. The lowest BCUT2D eigenvalue weighted by molar-refractivity contribution is -0.138. The van der Waals surface area contributed by atoms with Gasteiger partial charge in [-0.25, -0.2) is 9.97 Å². The molecule has 2 aromatic heterocycles. The number of alkyl halides is 3. The number of hydrogen-bond acceptors (Lipinski definition) is 4. The van der Waals surface area contributed by atoms with Gasteiger partial charge in [-0.1, -0.05) is 48.5 Å². The van der Waals surface area contributed by atoms with E-state index in [0.29, 0.717) is 31.7 Å². The molecule has 0 unspecified atom stereocenters. The van der Waals surface area contributed by atoms with Crippen LogP contribution in [0.3, 0.4) is 0 Å². The zero-order valence-corrected chi connectivity index (χ0v) is 18.8. The molecule has 3 heterocycles. The van der Waals surface area contributed by atoms with Crippen LogP contribution in [0.4, 0.5) is 13.2 Å². The fourth-order valence-corrected chi connectivity index (χ4v) is 4.62. The monoisotopic (exact) mass is 480 g/mol. The molecule has 1 amide bonds. The molecule has 4 aromatic rings. The first-order chi connectivity index (χ1) is 16.9. The van der Waals surface area contributed by atoms with Crippen LogP contribution in [0.25, 0.3) is 11.3 Å². The standard InChI is InChI=1S/C26H23F3N4O2/c27-26(28,29)21-9-5-4-8-20(21)16-33-15-12-30-24(33)19-10-13-32(14-11-19)25(34)22-23(35-17-31-22)18-6-2-1-3-7-18/h1-9,12,15,17,19H,10-11,13-14,16H2. The van der Waals surface area contributed by atoms with Crippen molar-refractivity contribution in [2.45, 2.75) is 31.5 Å². The Morgan fingerprint density at radius 1 is 1.00 bits per heavy atom. The number of nitrogens with zero attached hydrogens (tertiary/aromatic N) is 4. The molecule has 6 nitrogen and oxygen atoms in total. The smallest absolute Gasteiger partial charge is 0.416 e. The quantitative estimate of drug-likeness (QED) is 0.372. The third kappa shape index (κ3) is 4.71. The Morgan fingerprint density at radius 2 is 1.71 bits per heavy atom. The summed E-state index contributed by atoms with van der Waals surface area (Å²) in [5.74, 6) is 1.02. The number of carbonyl (C=O) groups is 1. The first kappa shape index (κ1) is 22.9. The summed E-state index contributed by atoms with van der Waals surface area (Å²) in [6.07, 6.45) is 1.50. The second-order valence-electron chi connectivity index (χ2n) is 8.53. The van der Waals surface area contributed by atoms with Gasteiger partial charge in [-0.3, -0.25) is 4.79 Å². The Bertz CT molecular complexity index is 1310. The van der Waals surface area contributed by atoms with Gasteiger partial charge < -0.3 is 13.9 Å². The Hall–Kier alpha value is -3.88. The summed E-state index contributed by atoms with van der Waals surface area (Å²) in [6, 6.07) is 14.9. The predicted molar refractivity (Wildman–Crippen MR) is 123 cm³/mol. The fourth-order valence-electron chi connectivity index (χ4n) is 4.62. The summed E-state index contributed by atoms with van der Waals surface area (Å²) in [5, 5.41) is 0. The van der Waals surface area contributed by atoms with Crippen molar-refractivity contribution in [3.8, 4) is 11.3 Å². The number of amides is 1. The van der Waals surface area contributed by atoms with Gasteiger partial charge >= 0.3 is 6.18 Å². The van der Waals surface area contributed by atoms with Crippen LogP contribution >= 0.6 is 0 Å². The number of carbonyl (C=O) groups excluding carboxylic acids is 1.